The van der Waals surface area contributed by atoms with Crippen LogP contribution < -0.4 is 0 Å². The maximum atomic E-state index is 5.27. The monoisotopic (exact) mass is 536 g/mol. The standard InChI is InChI=1S/C40H28N2/c1-40(2)35-13-7-5-11-31(35)32-18-16-27(23-36(32)40)39-41-37-14-8-6-12-33(37)38(42-39)26-15-17-30-28(20-26)21-29-19-24-9-3-4-10-25(24)22-34(29)30/h3-20,22-23H,21H2,1-2H3. The van der Waals surface area contributed by atoms with Crippen molar-refractivity contribution >= 4 is 21.7 Å². The molecule has 0 saturated carbocycles. The van der Waals surface area contributed by atoms with E-state index in [1.807, 2.05) is 0 Å². The molecule has 2 heteroatoms. The zero-order chi connectivity index (χ0) is 28.0. The number of hydrogen-bond donors (Lipinski definition) is 0. The van der Waals surface area contributed by atoms with Crippen LogP contribution in [-0.2, 0) is 11.8 Å². The highest BCUT2D eigenvalue weighted by Crippen LogP contribution is 2.49. The number of hydrogen-bond acceptors (Lipinski definition) is 2. The molecule has 0 saturated heterocycles. The minimum absolute atomic E-state index is 0.0680. The van der Waals surface area contributed by atoms with E-state index < -0.39 is 0 Å². The summed E-state index contributed by atoms with van der Waals surface area (Å²) in [7, 11) is 0. The van der Waals surface area contributed by atoms with E-state index in [2.05, 4.69) is 135 Å². The zero-order valence-electron chi connectivity index (χ0n) is 23.6. The Kier molecular flexibility index (Phi) is 4.76. The maximum Gasteiger partial charge on any atom is 0.160 e. The first-order valence-corrected chi connectivity index (χ1v) is 14.7. The van der Waals surface area contributed by atoms with Gasteiger partial charge < -0.3 is 0 Å². The number of rotatable bonds is 2. The molecular weight excluding hydrogens is 508 g/mol. The summed E-state index contributed by atoms with van der Waals surface area (Å²) in [6.07, 6.45) is 0.944. The van der Waals surface area contributed by atoms with Crippen molar-refractivity contribution in [1.29, 1.82) is 0 Å². The molecule has 198 valence electrons. The van der Waals surface area contributed by atoms with E-state index in [0.717, 1.165) is 40.0 Å². The van der Waals surface area contributed by atoms with Crippen molar-refractivity contribution in [2.24, 2.45) is 0 Å². The molecule has 2 aliphatic rings. The van der Waals surface area contributed by atoms with Crippen molar-refractivity contribution in [2.45, 2.75) is 25.7 Å². The van der Waals surface area contributed by atoms with E-state index in [9.17, 15) is 0 Å². The quantitative estimate of drug-likeness (QED) is 0.220. The molecule has 0 unspecified atom stereocenters. The fourth-order valence-electron chi connectivity index (χ4n) is 7.31. The van der Waals surface area contributed by atoms with Crippen LogP contribution in [0.15, 0.2) is 121 Å². The van der Waals surface area contributed by atoms with Crippen LogP contribution in [0.1, 0.15) is 36.1 Å². The Bertz CT molecular complexity index is 2260. The summed E-state index contributed by atoms with van der Waals surface area (Å²) in [5.41, 5.74) is 14.9. The van der Waals surface area contributed by atoms with E-state index in [4.69, 9.17) is 9.97 Å². The van der Waals surface area contributed by atoms with Crippen LogP contribution in [0.5, 0.6) is 0 Å². The second-order valence-electron chi connectivity index (χ2n) is 12.2. The molecule has 0 atom stereocenters. The van der Waals surface area contributed by atoms with Crippen molar-refractivity contribution in [1.82, 2.24) is 9.97 Å². The van der Waals surface area contributed by atoms with Gasteiger partial charge in [0.25, 0.3) is 0 Å². The average Bonchev–Trinajstić information content (AvgIpc) is 3.50. The fraction of sp³-hybridized carbons (Fsp3) is 0.100. The lowest BCUT2D eigenvalue weighted by Gasteiger charge is -2.21. The number of fused-ring (bicyclic) bond motifs is 8. The lowest BCUT2D eigenvalue weighted by molar-refractivity contribution is 0.660. The highest BCUT2D eigenvalue weighted by molar-refractivity contribution is 5.96. The van der Waals surface area contributed by atoms with Gasteiger partial charge in [-0.2, -0.15) is 0 Å². The van der Waals surface area contributed by atoms with Crippen LogP contribution in [0.3, 0.4) is 0 Å². The zero-order valence-corrected chi connectivity index (χ0v) is 23.6. The lowest BCUT2D eigenvalue weighted by atomic mass is 9.82. The molecule has 0 N–H and O–H groups in total. The Labute approximate surface area is 245 Å². The Balaban J connectivity index is 1.18. The minimum atomic E-state index is -0.0680. The first-order valence-electron chi connectivity index (χ1n) is 14.7. The second kappa shape index (κ2) is 8.47. The van der Waals surface area contributed by atoms with Crippen LogP contribution in [0.25, 0.3) is 66.6 Å². The van der Waals surface area contributed by atoms with E-state index in [0.29, 0.717) is 0 Å². The molecule has 0 amide bonds. The van der Waals surface area contributed by atoms with Gasteiger partial charge in [-0.05, 0) is 86.0 Å². The Hall–Kier alpha value is -5.08. The molecule has 7 aromatic rings. The Morgan fingerprint density at radius 2 is 1.21 bits per heavy atom. The molecular formula is C40H28N2. The summed E-state index contributed by atoms with van der Waals surface area (Å²) in [6.45, 7) is 4.64. The van der Waals surface area contributed by atoms with Crippen molar-refractivity contribution in [3.05, 3.63) is 144 Å². The highest BCUT2D eigenvalue weighted by Gasteiger charge is 2.35. The van der Waals surface area contributed by atoms with Gasteiger partial charge in [-0.3, -0.25) is 0 Å². The van der Waals surface area contributed by atoms with Gasteiger partial charge in [0.15, 0.2) is 5.82 Å². The minimum Gasteiger partial charge on any atom is -0.228 e. The number of para-hydroxylation sites is 1. The van der Waals surface area contributed by atoms with Gasteiger partial charge in [-0.15, -0.1) is 0 Å². The van der Waals surface area contributed by atoms with Crippen molar-refractivity contribution in [3.8, 4) is 44.9 Å². The van der Waals surface area contributed by atoms with Gasteiger partial charge in [0.1, 0.15) is 0 Å². The molecule has 1 aromatic heterocycles. The predicted octanol–water partition coefficient (Wildman–Crippen LogP) is 9.99. The van der Waals surface area contributed by atoms with Gasteiger partial charge in [0, 0.05) is 21.9 Å². The SMILES string of the molecule is CC1(C)c2ccccc2-c2ccc(-c3nc(-c4ccc5c(c4)Cc4cc6ccccc6cc4-5)c4ccccc4n3)cc21. The van der Waals surface area contributed by atoms with E-state index in [1.54, 1.807) is 0 Å². The van der Waals surface area contributed by atoms with E-state index in [-0.39, 0.29) is 5.41 Å². The third kappa shape index (κ3) is 3.33. The number of benzene rings is 6. The van der Waals surface area contributed by atoms with Crippen molar-refractivity contribution in [3.63, 3.8) is 0 Å². The molecule has 0 fully saturated rings. The molecule has 0 bridgehead atoms. The smallest absolute Gasteiger partial charge is 0.160 e. The molecule has 2 aliphatic carbocycles. The van der Waals surface area contributed by atoms with Gasteiger partial charge in [-0.1, -0.05) is 111 Å². The Morgan fingerprint density at radius 3 is 2.12 bits per heavy atom. The normalized spacial score (nSPS) is 14.0. The van der Waals surface area contributed by atoms with Gasteiger partial charge in [0.05, 0.1) is 11.2 Å². The van der Waals surface area contributed by atoms with Gasteiger partial charge in [0.2, 0.25) is 0 Å². The fourth-order valence-corrected chi connectivity index (χ4v) is 7.31. The van der Waals surface area contributed by atoms with Gasteiger partial charge in [-0.25, -0.2) is 9.97 Å². The largest absolute Gasteiger partial charge is 0.228 e. The van der Waals surface area contributed by atoms with Crippen LogP contribution in [0, 0.1) is 0 Å². The maximum absolute atomic E-state index is 5.27. The molecule has 2 nitrogen and oxygen atoms in total. The topological polar surface area (TPSA) is 25.8 Å². The third-order valence-electron chi connectivity index (χ3n) is 9.47. The van der Waals surface area contributed by atoms with Crippen LogP contribution in [-0.4, -0.2) is 9.97 Å². The van der Waals surface area contributed by atoms with Crippen LogP contribution in [0.2, 0.25) is 0 Å². The molecule has 9 rings (SSSR count). The summed E-state index contributed by atoms with van der Waals surface area (Å²) >= 11 is 0. The first-order chi connectivity index (χ1) is 20.5. The molecule has 0 spiro atoms. The number of nitrogens with zero attached hydrogens (tertiary/aromatic N) is 2. The first kappa shape index (κ1) is 23.6. The van der Waals surface area contributed by atoms with Crippen LogP contribution >= 0.6 is 0 Å². The average molecular weight is 537 g/mol. The summed E-state index contributed by atoms with van der Waals surface area (Å²) in [5, 5.41) is 3.67. The summed E-state index contributed by atoms with van der Waals surface area (Å²) in [4.78, 5) is 10.4. The van der Waals surface area contributed by atoms with E-state index >= 15 is 0 Å². The van der Waals surface area contributed by atoms with Crippen LogP contribution in [0.4, 0.5) is 0 Å². The lowest BCUT2D eigenvalue weighted by Crippen LogP contribution is -2.15. The van der Waals surface area contributed by atoms with E-state index in [1.165, 1.54) is 55.3 Å². The molecule has 1 heterocycles. The summed E-state index contributed by atoms with van der Waals surface area (Å²) in [6, 6.07) is 44.2. The van der Waals surface area contributed by atoms with Gasteiger partial charge >= 0.3 is 0 Å². The molecule has 42 heavy (non-hydrogen) atoms. The molecule has 6 aromatic carbocycles. The van der Waals surface area contributed by atoms with Crippen molar-refractivity contribution < 1.29 is 0 Å². The third-order valence-corrected chi connectivity index (χ3v) is 9.47. The molecule has 0 radical (unpaired) electrons. The molecule has 0 aliphatic heterocycles. The summed E-state index contributed by atoms with van der Waals surface area (Å²) < 4.78 is 0. The Morgan fingerprint density at radius 1 is 0.524 bits per heavy atom. The van der Waals surface area contributed by atoms with Crippen molar-refractivity contribution in [2.75, 3.05) is 0 Å². The highest BCUT2D eigenvalue weighted by atomic mass is 14.9. The second-order valence-corrected chi connectivity index (χ2v) is 12.2. The predicted molar refractivity (Wildman–Crippen MR) is 174 cm³/mol. The summed E-state index contributed by atoms with van der Waals surface area (Å²) in [5.74, 6) is 0.772. The number of aromatic nitrogens is 2.